The maximum absolute atomic E-state index is 11.4. The molecule has 0 radical (unpaired) electrons. The van der Waals surface area contributed by atoms with Crippen LogP contribution >= 0.6 is 0 Å². The molecular formula is C16H16O3. The van der Waals surface area contributed by atoms with E-state index in [0.29, 0.717) is 0 Å². The molecule has 0 aliphatic carbocycles. The van der Waals surface area contributed by atoms with Crippen LogP contribution in [0.3, 0.4) is 0 Å². The molecule has 0 fully saturated rings. The minimum Gasteiger partial charge on any atom is -0.479 e. The number of benzene rings is 2. The largest absolute Gasteiger partial charge is 0.479 e. The van der Waals surface area contributed by atoms with Gasteiger partial charge in [-0.3, -0.25) is 0 Å². The molecule has 0 saturated heterocycles. The number of rotatable bonds is 4. The summed E-state index contributed by atoms with van der Waals surface area (Å²) in [5.41, 5.74) is -0.301. The van der Waals surface area contributed by atoms with Crippen LogP contribution in [0.2, 0.25) is 0 Å². The van der Waals surface area contributed by atoms with Gasteiger partial charge < -0.3 is 10.2 Å². The van der Waals surface area contributed by atoms with Crippen LogP contribution in [0.25, 0.3) is 0 Å². The van der Waals surface area contributed by atoms with E-state index in [1.165, 1.54) is 6.92 Å². The van der Waals surface area contributed by atoms with Crippen molar-refractivity contribution >= 4 is 5.97 Å². The second kappa shape index (κ2) is 5.24. The molecule has 0 spiro atoms. The van der Waals surface area contributed by atoms with Crippen molar-refractivity contribution in [3.05, 3.63) is 71.8 Å². The summed E-state index contributed by atoms with van der Waals surface area (Å²) >= 11 is 0. The Kier molecular flexibility index (Phi) is 3.67. The fraction of sp³-hybridized carbons (Fsp3) is 0.188. The number of carboxylic acids is 1. The normalized spacial score (nSPS) is 14.1. The van der Waals surface area contributed by atoms with Gasteiger partial charge in [-0.1, -0.05) is 60.7 Å². The van der Waals surface area contributed by atoms with Gasteiger partial charge in [0.25, 0.3) is 0 Å². The minimum atomic E-state index is -1.86. The predicted octanol–water partition coefficient (Wildman–Crippen LogP) is 2.65. The maximum atomic E-state index is 11.4. The molecule has 98 valence electrons. The molecule has 3 nitrogen and oxygen atoms in total. The van der Waals surface area contributed by atoms with E-state index >= 15 is 0 Å². The summed E-state index contributed by atoms with van der Waals surface area (Å²) in [4.78, 5) is 11.4. The van der Waals surface area contributed by atoms with E-state index < -0.39 is 17.5 Å². The first kappa shape index (κ1) is 13.3. The van der Waals surface area contributed by atoms with Crippen molar-refractivity contribution in [1.29, 1.82) is 0 Å². The Morgan fingerprint density at radius 2 is 1.32 bits per heavy atom. The third-order valence-electron chi connectivity index (χ3n) is 3.26. The summed E-state index contributed by atoms with van der Waals surface area (Å²) in [6.07, 6.45) is 0. The van der Waals surface area contributed by atoms with Gasteiger partial charge in [0.2, 0.25) is 0 Å². The second-order valence-corrected chi connectivity index (χ2v) is 4.71. The molecule has 19 heavy (non-hydrogen) atoms. The topological polar surface area (TPSA) is 57.5 Å². The van der Waals surface area contributed by atoms with E-state index in [2.05, 4.69) is 0 Å². The molecule has 1 atom stereocenters. The van der Waals surface area contributed by atoms with Crippen molar-refractivity contribution < 1.29 is 15.0 Å². The van der Waals surface area contributed by atoms with Crippen LogP contribution < -0.4 is 0 Å². The summed E-state index contributed by atoms with van der Waals surface area (Å²) in [6.45, 7) is 1.33. The van der Waals surface area contributed by atoms with Gasteiger partial charge in [0.15, 0.2) is 5.60 Å². The van der Waals surface area contributed by atoms with Crippen LogP contribution in [0.15, 0.2) is 60.7 Å². The van der Waals surface area contributed by atoms with Crippen LogP contribution in [-0.2, 0) is 4.79 Å². The molecule has 0 unspecified atom stereocenters. The van der Waals surface area contributed by atoms with Crippen LogP contribution in [0.4, 0.5) is 0 Å². The lowest BCUT2D eigenvalue weighted by Crippen LogP contribution is -2.42. The molecule has 0 aliphatic rings. The van der Waals surface area contributed by atoms with Gasteiger partial charge in [-0.2, -0.15) is 0 Å². The lowest BCUT2D eigenvalue weighted by molar-refractivity contribution is -0.157. The van der Waals surface area contributed by atoms with Gasteiger partial charge in [-0.15, -0.1) is 0 Å². The molecule has 0 amide bonds. The van der Waals surface area contributed by atoms with E-state index in [-0.39, 0.29) is 0 Å². The molecule has 2 rings (SSSR count). The average molecular weight is 256 g/mol. The smallest absolute Gasteiger partial charge is 0.336 e. The Morgan fingerprint density at radius 1 is 0.947 bits per heavy atom. The summed E-state index contributed by atoms with van der Waals surface area (Å²) in [6, 6.07) is 18.4. The number of carbonyl (C=O) groups is 1. The van der Waals surface area contributed by atoms with Gasteiger partial charge in [-0.25, -0.2) is 4.79 Å². The van der Waals surface area contributed by atoms with Crippen molar-refractivity contribution in [2.24, 2.45) is 0 Å². The fourth-order valence-electron chi connectivity index (χ4n) is 2.26. The number of aliphatic hydroxyl groups is 1. The van der Waals surface area contributed by atoms with Crippen molar-refractivity contribution in [3.63, 3.8) is 0 Å². The highest BCUT2D eigenvalue weighted by Crippen LogP contribution is 2.34. The zero-order valence-electron chi connectivity index (χ0n) is 10.7. The molecule has 3 heteroatoms. The Labute approximate surface area is 112 Å². The Bertz CT molecular complexity index is 507. The zero-order valence-corrected chi connectivity index (χ0v) is 10.7. The first-order chi connectivity index (χ1) is 9.03. The first-order valence-electron chi connectivity index (χ1n) is 6.09. The average Bonchev–Trinajstić information content (AvgIpc) is 2.41. The van der Waals surface area contributed by atoms with E-state index in [1.54, 1.807) is 0 Å². The quantitative estimate of drug-likeness (QED) is 0.884. The zero-order chi connectivity index (χ0) is 13.9. The van der Waals surface area contributed by atoms with Crippen molar-refractivity contribution in [1.82, 2.24) is 0 Å². The molecule has 0 bridgehead atoms. The minimum absolute atomic E-state index is 0.604. The van der Waals surface area contributed by atoms with Gasteiger partial charge in [0.05, 0.1) is 0 Å². The highest BCUT2D eigenvalue weighted by molar-refractivity contribution is 5.79. The third kappa shape index (κ3) is 2.66. The van der Waals surface area contributed by atoms with Crippen molar-refractivity contribution in [3.8, 4) is 0 Å². The van der Waals surface area contributed by atoms with E-state index in [4.69, 9.17) is 0 Å². The van der Waals surface area contributed by atoms with Crippen molar-refractivity contribution in [2.75, 3.05) is 0 Å². The second-order valence-electron chi connectivity index (χ2n) is 4.71. The molecule has 0 saturated carbocycles. The number of hydrogen-bond donors (Lipinski definition) is 2. The standard InChI is InChI=1S/C16H16O3/c1-16(19,15(17)18)14(12-8-4-2-5-9-12)13-10-6-3-7-11-13/h2-11,14,19H,1H3,(H,17,18)/t16-/m1/s1. The van der Waals surface area contributed by atoms with Gasteiger partial charge in [0.1, 0.15) is 0 Å². The van der Waals surface area contributed by atoms with Gasteiger partial charge >= 0.3 is 5.97 Å². The summed E-state index contributed by atoms with van der Waals surface area (Å²) in [7, 11) is 0. The van der Waals surface area contributed by atoms with Crippen LogP contribution in [-0.4, -0.2) is 21.8 Å². The fourth-order valence-corrected chi connectivity index (χ4v) is 2.26. The molecule has 2 N–H and O–H groups in total. The van der Waals surface area contributed by atoms with Gasteiger partial charge in [0, 0.05) is 5.92 Å². The van der Waals surface area contributed by atoms with Crippen molar-refractivity contribution in [2.45, 2.75) is 18.4 Å². The molecule has 2 aromatic carbocycles. The van der Waals surface area contributed by atoms with E-state index in [9.17, 15) is 15.0 Å². The van der Waals surface area contributed by atoms with E-state index in [0.717, 1.165) is 11.1 Å². The first-order valence-corrected chi connectivity index (χ1v) is 6.09. The molecule has 0 heterocycles. The summed E-state index contributed by atoms with van der Waals surface area (Å²) < 4.78 is 0. The highest BCUT2D eigenvalue weighted by atomic mass is 16.4. The lowest BCUT2D eigenvalue weighted by atomic mass is 9.78. The molecule has 0 aliphatic heterocycles. The van der Waals surface area contributed by atoms with E-state index in [1.807, 2.05) is 60.7 Å². The molecular weight excluding hydrogens is 240 g/mol. The molecule has 0 aromatic heterocycles. The number of hydrogen-bond acceptors (Lipinski definition) is 2. The van der Waals surface area contributed by atoms with Gasteiger partial charge in [-0.05, 0) is 18.1 Å². The van der Waals surface area contributed by atoms with Crippen LogP contribution in [0.5, 0.6) is 0 Å². The SMILES string of the molecule is C[C@](O)(C(=O)O)C(c1ccccc1)c1ccccc1. The molecule has 2 aromatic rings. The Hall–Kier alpha value is -2.13. The lowest BCUT2D eigenvalue weighted by Gasteiger charge is -2.30. The highest BCUT2D eigenvalue weighted by Gasteiger charge is 2.41. The monoisotopic (exact) mass is 256 g/mol. The Morgan fingerprint density at radius 3 is 1.63 bits per heavy atom. The number of aliphatic carboxylic acids is 1. The van der Waals surface area contributed by atoms with Crippen LogP contribution in [0, 0.1) is 0 Å². The Balaban J connectivity index is 2.55. The van der Waals surface area contributed by atoms with Crippen LogP contribution in [0.1, 0.15) is 24.0 Å². The summed E-state index contributed by atoms with van der Waals surface area (Å²) in [5, 5.41) is 19.6. The summed E-state index contributed by atoms with van der Waals surface area (Å²) in [5.74, 6) is -1.84. The number of carboxylic acid groups (broad SMARTS) is 1. The third-order valence-corrected chi connectivity index (χ3v) is 3.26. The maximum Gasteiger partial charge on any atom is 0.336 e. The predicted molar refractivity (Wildman–Crippen MR) is 73.0 cm³/mol.